The van der Waals surface area contributed by atoms with Crippen LogP contribution in [0.1, 0.15) is 5.56 Å². The predicted molar refractivity (Wildman–Crippen MR) is 114 cm³/mol. The van der Waals surface area contributed by atoms with Gasteiger partial charge in [0.1, 0.15) is 11.9 Å². The third-order valence-corrected chi connectivity index (χ3v) is 5.17. The monoisotopic (exact) mass is 412 g/mol. The van der Waals surface area contributed by atoms with Crippen molar-refractivity contribution in [3.05, 3.63) is 84.7 Å². The van der Waals surface area contributed by atoms with E-state index in [1.807, 2.05) is 71.6 Å². The lowest BCUT2D eigenvalue weighted by Crippen LogP contribution is -2.56. The van der Waals surface area contributed by atoms with Crippen LogP contribution < -0.4 is 4.74 Å². The molecule has 7 heteroatoms. The summed E-state index contributed by atoms with van der Waals surface area (Å²) in [5.41, 5.74) is 2.69. The van der Waals surface area contributed by atoms with Crippen LogP contribution in [-0.4, -0.2) is 45.1 Å². The van der Waals surface area contributed by atoms with Gasteiger partial charge in [-0.25, -0.2) is 0 Å². The van der Waals surface area contributed by atoms with Gasteiger partial charge in [0.15, 0.2) is 0 Å². The quantitative estimate of drug-likeness (QED) is 0.481. The third-order valence-electron chi connectivity index (χ3n) is 5.17. The van der Waals surface area contributed by atoms with E-state index < -0.39 is 0 Å². The molecule has 154 valence electrons. The number of carbonyl (C=O) groups excluding carboxylic acids is 1. The second kappa shape index (κ2) is 8.39. The van der Waals surface area contributed by atoms with Crippen molar-refractivity contribution in [1.29, 1.82) is 0 Å². The fourth-order valence-electron chi connectivity index (χ4n) is 3.43. The molecule has 2 aromatic heterocycles. The molecule has 4 aromatic rings. The molecule has 1 aliphatic heterocycles. The van der Waals surface area contributed by atoms with Gasteiger partial charge in [-0.15, -0.1) is 0 Å². The van der Waals surface area contributed by atoms with Gasteiger partial charge in [-0.3, -0.25) is 9.78 Å². The van der Waals surface area contributed by atoms with Crippen molar-refractivity contribution in [2.45, 2.75) is 12.5 Å². The van der Waals surface area contributed by atoms with Gasteiger partial charge < -0.3 is 14.2 Å². The Morgan fingerprint density at radius 1 is 0.968 bits per heavy atom. The van der Waals surface area contributed by atoms with Crippen molar-refractivity contribution in [3.63, 3.8) is 0 Å². The molecule has 0 radical (unpaired) electrons. The smallest absolute Gasteiger partial charge is 0.258 e. The standard InChI is InChI=1S/C24H20N4O3/c29-22(14-17-4-2-1-3-5-17)28-15-21(16-28)30-20-8-6-18(7-9-20)23-26-24(31-27-23)19-10-12-25-13-11-19/h1-13,21H,14-16H2. The van der Waals surface area contributed by atoms with Crippen LogP contribution in [0.25, 0.3) is 22.8 Å². The molecule has 7 nitrogen and oxygen atoms in total. The highest BCUT2D eigenvalue weighted by Gasteiger charge is 2.32. The number of carbonyl (C=O) groups is 1. The first-order valence-corrected chi connectivity index (χ1v) is 10.1. The maximum Gasteiger partial charge on any atom is 0.258 e. The highest BCUT2D eigenvalue weighted by Crippen LogP contribution is 2.25. The number of aromatic nitrogens is 3. The average Bonchev–Trinajstić information content (AvgIpc) is 3.28. The van der Waals surface area contributed by atoms with E-state index >= 15 is 0 Å². The minimum Gasteiger partial charge on any atom is -0.487 e. The number of hydrogen-bond acceptors (Lipinski definition) is 6. The van der Waals surface area contributed by atoms with E-state index in [9.17, 15) is 4.79 Å². The summed E-state index contributed by atoms with van der Waals surface area (Å²) in [6.45, 7) is 1.21. The van der Waals surface area contributed by atoms with Crippen molar-refractivity contribution in [2.24, 2.45) is 0 Å². The Balaban J connectivity index is 1.15. The first kappa shape index (κ1) is 19.0. The first-order valence-electron chi connectivity index (χ1n) is 10.1. The zero-order valence-electron chi connectivity index (χ0n) is 16.7. The number of rotatable bonds is 6. The molecule has 31 heavy (non-hydrogen) atoms. The number of ether oxygens (including phenoxy) is 1. The van der Waals surface area contributed by atoms with Gasteiger partial charge in [0.2, 0.25) is 11.7 Å². The van der Waals surface area contributed by atoms with Crippen LogP contribution in [0.15, 0.2) is 83.6 Å². The summed E-state index contributed by atoms with van der Waals surface area (Å²) in [6.07, 6.45) is 3.80. The van der Waals surface area contributed by atoms with Crippen LogP contribution >= 0.6 is 0 Å². The Labute approximate surface area is 179 Å². The van der Waals surface area contributed by atoms with Gasteiger partial charge in [-0.05, 0) is 42.0 Å². The maximum absolute atomic E-state index is 12.3. The number of pyridine rings is 1. The molecule has 1 saturated heterocycles. The Hall–Kier alpha value is -4.00. The summed E-state index contributed by atoms with van der Waals surface area (Å²) < 4.78 is 11.3. The van der Waals surface area contributed by atoms with Crippen LogP contribution in [0.4, 0.5) is 0 Å². The van der Waals surface area contributed by atoms with Gasteiger partial charge in [-0.1, -0.05) is 35.5 Å². The Morgan fingerprint density at radius 2 is 1.71 bits per heavy atom. The van der Waals surface area contributed by atoms with Crippen LogP contribution in [0.5, 0.6) is 5.75 Å². The summed E-state index contributed by atoms with van der Waals surface area (Å²) in [5.74, 6) is 1.84. The number of benzene rings is 2. The van der Waals surface area contributed by atoms with E-state index in [0.29, 0.717) is 31.2 Å². The van der Waals surface area contributed by atoms with E-state index in [1.165, 1.54) is 0 Å². The van der Waals surface area contributed by atoms with Crippen molar-refractivity contribution in [2.75, 3.05) is 13.1 Å². The summed E-state index contributed by atoms with van der Waals surface area (Å²) in [5, 5.41) is 4.05. The zero-order chi connectivity index (χ0) is 21.0. The van der Waals surface area contributed by atoms with Gasteiger partial charge in [0.25, 0.3) is 5.89 Å². The Kier molecular flexibility index (Phi) is 5.14. The molecule has 1 amide bonds. The average molecular weight is 412 g/mol. The molecule has 2 aromatic carbocycles. The highest BCUT2D eigenvalue weighted by molar-refractivity contribution is 5.79. The Morgan fingerprint density at radius 3 is 2.45 bits per heavy atom. The molecule has 1 fully saturated rings. The predicted octanol–water partition coefficient (Wildman–Crippen LogP) is 3.63. The summed E-state index contributed by atoms with van der Waals surface area (Å²) in [6, 6.07) is 21.0. The summed E-state index contributed by atoms with van der Waals surface area (Å²) in [4.78, 5) is 22.6. The molecular weight excluding hydrogens is 392 g/mol. The van der Waals surface area contributed by atoms with Crippen LogP contribution in [0.2, 0.25) is 0 Å². The van der Waals surface area contributed by atoms with Crippen molar-refractivity contribution >= 4 is 5.91 Å². The largest absolute Gasteiger partial charge is 0.487 e. The molecule has 0 unspecified atom stereocenters. The van der Waals surface area contributed by atoms with Crippen LogP contribution in [-0.2, 0) is 11.2 Å². The summed E-state index contributed by atoms with van der Waals surface area (Å²) >= 11 is 0. The lowest BCUT2D eigenvalue weighted by atomic mass is 10.1. The SMILES string of the molecule is O=C(Cc1ccccc1)N1CC(Oc2ccc(-c3noc(-c4ccncc4)n3)cc2)C1. The minimum atomic E-state index is 0.00837. The van der Waals surface area contributed by atoms with Crippen molar-refractivity contribution < 1.29 is 14.1 Å². The van der Waals surface area contributed by atoms with Gasteiger partial charge in [0, 0.05) is 23.5 Å². The van der Waals surface area contributed by atoms with Gasteiger partial charge >= 0.3 is 0 Å². The molecule has 0 saturated carbocycles. The topological polar surface area (TPSA) is 81.4 Å². The molecule has 0 aliphatic carbocycles. The number of likely N-dealkylation sites (tertiary alicyclic amines) is 1. The number of amides is 1. The maximum atomic E-state index is 12.3. The second-order valence-corrected chi connectivity index (χ2v) is 7.38. The molecular formula is C24H20N4O3. The zero-order valence-corrected chi connectivity index (χ0v) is 16.7. The van der Waals surface area contributed by atoms with E-state index in [1.54, 1.807) is 12.4 Å². The van der Waals surface area contributed by atoms with Crippen molar-refractivity contribution in [3.8, 4) is 28.6 Å². The Bertz CT molecular complexity index is 1150. The van der Waals surface area contributed by atoms with E-state index in [0.717, 1.165) is 22.4 Å². The van der Waals surface area contributed by atoms with Crippen LogP contribution in [0.3, 0.4) is 0 Å². The summed E-state index contributed by atoms with van der Waals surface area (Å²) in [7, 11) is 0. The molecule has 0 N–H and O–H groups in total. The molecule has 0 atom stereocenters. The molecule has 0 bridgehead atoms. The first-order chi connectivity index (χ1) is 15.2. The lowest BCUT2D eigenvalue weighted by molar-refractivity contribution is -0.139. The molecule has 3 heterocycles. The van der Waals surface area contributed by atoms with Crippen LogP contribution in [0, 0.1) is 0 Å². The second-order valence-electron chi connectivity index (χ2n) is 7.38. The number of hydrogen-bond donors (Lipinski definition) is 0. The molecule has 1 aliphatic rings. The molecule has 5 rings (SSSR count). The molecule has 0 spiro atoms. The van der Waals surface area contributed by atoms with Crippen molar-refractivity contribution in [1.82, 2.24) is 20.0 Å². The van der Waals surface area contributed by atoms with Gasteiger partial charge in [0.05, 0.1) is 19.5 Å². The minimum absolute atomic E-state index is 0.00837. The van der Waals surface area contributed by atoms with E-state index in [2.05, 4.69) is 15.1 Å². The lowest BCUT2D eigenvalue weighted by Gasteiger charge is -2.39. The number of nitrogens with zero attached hydrogens (tertiary/aromatic N) is 4. The highest BCUT2D eigenvalue weighted by atomic mass is 16.5. The fraction of sp³-hybridized carbons (Fsp3) is 0.167. The normalized spacial score (nSPS) is 13.6. The van der Waals surface area contributed by atoms with E-state index in [-0.39, 0.29) is 12.0 Å². The third kappa shape index (κ3) is 4.30. The fourth-order valence-corrected chi connectivity index (χ4v) is 3.43. The van der Waals surface area contributed by atoms with E-state index in [4.69, 9.17) is 9.26 Å². The van der Waals surface area contributed by atoms with Gasteiger partial charge in [-0.2, -0.15) is 4.98 Å².